The number of benzene rings is 1. The lowest BCUT2D eigenvalue weighted by atomic mass is 10.1. The summed E-state index contributed by atoms with van der Waals surface area (Å²) in [5.41, 5.74) is 6.61. The molecule has 1 aromatic heterocycles. The van der Waals surface area contributed by atoms with E-state index >= 15 is 0 Å². The highest BCUT2D eigenvalue weighted by atomic mass is 16.5. The smallest absolute Gasteiger partial charge is 0.189 e. The molecule has 0 aliphatic heterocycles. The number of nitrogens with one attached hydrogen (secondary N) is 2. The maximum atomic E-state index is 5.82. The fourth-order valence-corrected chi connectivity index (χ4v) is 1.82. The number of hydrogen-bond donors (Lipinski definition) is 3. The van der Waals surface area contributed by atoms with Crippen LogP contribution in [0.5, 0.6) is 5.75 Å². The highest BCUT2D eigenvalue weighted by Gasteiger charge is 2.10. The number of aliphatic imine (C=N–C) groups is 1. The Morgan fingerprint density at radius 1 is 1.32 bits per heavy atom. The SMILES string of the molecule is COc1ccc(-c2n[nH]c(CN=C(N)NC(C)(C)C)n2)cc1. The third kappa shape index (κ3) is 4.47. The molecule has 0 saturated heterocycles. The summed E-state index contributed by atoms with van der Waals surface area (Å²) in [6.45, 7) is 6.40. The quantitative estimate of drug-likeness (QED) is 0.589. The van der Waals surface area contributed by atoms with Gasteiger partial charge in [0.15, 0.2) is 11.8 Å². The summed E-state index contributed by atoms with van der Waals surface area (Å²) >= 11 is 0. The minimum Gasteiger partial charge on any atom is -0.497 e. The summed E-state index contributed by atoms with van der Waals surface area (Å²) in [6.07, 6.45) is 0. The fourth-order valence-electron chi connectivity index (χ4n) is 1.82. The zero-order chi connectivity index (χ0) is 16.2. The maximum Gasteiger partial charge on any atom is 0.189 e. The molecule has 4 N–H and O–H groups in total. The van der Waals surface area contributed by atoms with Gasteiger partial charge in [-0.25, -0.2) is 9.98 Å². The minimum atomic E-state index is -0.122. The van der Waals surface area contributed by atoms with Crippen molar-refractivity contribution >= 4 is 5.96 Å². The van der Waals surface area contributed by atoms with Crippen molar-refractivity contribution in [3.05, 3.63) is 30.1 Å². The molecule has 7 nitrogen and oxygen atoms in total. The summed E-state index contributed by atoms with van der Waals surface area (Å²) in [5.74, 6) is 2.46. The first-order valence-electron chi connectivity index (χ1n) is 7.01. The predicted molar refractivity (Wildman–Crippen MR) is 86.6 cm³/mol. The molecule has 0 unspecified atom stereocenters. The number of methoxy groups -OCH3 is 1. The van der Waals surface area contributed by atoms with Crippen LogP contribution in [0.1, 0.15) is 26.6 Å². The lowest BCUT2D eigenvalue weighted by molar-refractivity contribution is 0.415. The summed E-state index contributed by atoms with van der Waals surface area (Å²) < 4.78 is 5.13. The number of nitrogens with zero attached hydrogens (tertiary/aromatic N) is 3. The number of guanidine groups is 1. The standard InChI is InChI=1S/C15H22N6O/c1-15(2,3)19-14(16)17-9-12-18-13(21-20-12)10-5-7-11(22-4)8-6-10/h5-8H,9H2,1-4H3,(H3,16,17,19)(H,18,20,21). The Kier molecular flexibility index (Phi) is 4.65. The van der Waals surface area contributed by atoms with Gasteiger partial charge >= 0.3 is 0 Å². The Hall–Kier alpha value is -2.57. The molecule has 0 radical (unpaired) electrons. The molecule has 0 fully saturated rings. The largest absolute Gasteiger partial charge is 0.497 e. The van der Waals surface area contributed by atoms with Crippen LogP contribution in [-0.4, -0.2) is 33.8 Å². The second-order valence-corrected chi connectivity index (χ2v) is 5.91. The summed E-state index contributed by atoms with van der Waals surface area (Å²) in [7, 11) is 1.63. The zero-order valence-corrected chi connectivity index (χ0v) is 13.3. The second kappa shape index (κ2) is 6.46. The van der Waals surface area contributed by atoms with Crippen LogP contribution in [0.25, 0.3) is 11.4 Å². The van der Waals surface area contributed by atoms with Crippen LogP contribution in [-0.2, 0) is 6.54 Å². The number of H-pyrrole nitrogens is 1. The molecule has 118 valence electrons. The van der Waals surface area contributed by atoms with E-state index in [1.807, 2.05) is 45.0 Å². The molecule has 0 atom stereocenters. The molecule has 0 amide bonds. The first kappa shape index (κ1) is 15.8. The van der Waals surface area contributed by atoms with Crippen molar-refractivity contribution in [1.29, 1.82) is 0 Å². The molecule has 2 aromatic rings. The normalized spacial score (nSPS) is 12.3. The Balaban J connectivity index is 2.03. The Bertz CT molecular complexity index is 639. The van der Waals surface area contributed by atoms with Crippen LogP contribution in [0.4, 0.5) is 0 Å². The fraction of sp³-hybridized carbons (Fsp3) is 0.400. The Labute approximate surface area is 130 Å². The first-order valence-corrected chi connectivity index (χ1v) is 7.01. The van der Waals surface area contributed by atoms with Crippen molar-refractivity contribution in [3.8, 4) is 17.1 Å². The monoisotopic (exact) mass is 302 g/mol. The number of hydrogen-bond acceptors (Lipinski definition) is 4. The van der Waals surface area contributed by atoms with Gasteiger partial charge in [0.25, 0.3) is 0 Å². The van der Waals surface area contributed by atoms with Crippen LogP contribution in [0.15, 0.2) is 29.3 Å². The molecule has 2 rings (SSSR count). The van der Waals surface area contributed by atoms with Crippen molar-refractivity contribution in [2.24, 2.45) is 10.7 Å². The van der Waals surface area contributed by atoms with Crippen LogP contribution in [0.3, 0.4) is 0 Å². The third-order valence-electron chi connectivity index (χ3n) is 2.78. The van der Waals surface area contributed by atoms with E-state index in [1.54, 1.807) is 7.11 Å². The summed E-state index contributed by atoms with van der Waals surface area (Å²) in [5, 5.41) is 10.1. The van der Waals surface area contributed by atoms with Gasteiger partial charge in [-0.1, -0.05) is 0 Å². The first-order chi connectivity index (χ1) is 10.4. The van der Waals surface area contributed by atoms with Crippen LogP contribution >= 0.6 is 0 Å². The highest BCUT2D eigenvalue weighted by Crippen LogP contribution is 2.18. The van der Waals surface area contributed by atoms with Crippen molar-refractivity contribution in [1.82, 2.24) is 20.5 Å². The van der Waals surface area contributed by atoms with Gasteiger partial charge in [-0.15, -0.1) is 0 Å². The molecule has 22 heavy (non-hydrogen) atoms. The second-order valence-electron chi connectivity index (χ2n) is 5.91. The van der Waals surface area contributed by atoms with Crippen molar-refractivity contribution < 1.29 is 4.74 Å². The maximum absolute atomic E-state index is 5.82. The van der Waals surface area contributed by atoms with Crippen molar-refractivity contribution in [3.63, 3.8) is 0 Å². The van der Waals surface area contributed by atoms with E-state index in [4.69, 9.17) is 10.5 Å². The van der Waals surface area contributed by atoms with Gasteiger partial charge < -0.3 is 15.8 Å². The van der Waals surface area contributed by atoms with E-state index < -0.39 is 0 Å². The van der Waals surface area contributed by atoms with Gasteiger partial charge in [0.2, 0.25) is 0 Å². The number of rotatable bonds is 4. The van der Waals surface area contributed by atoms with Gasteiger partial charge in [0.05, 0.1) is 7.11 Å². The molecule has 1 heterocycles. The molecule has 7 heteroatoms. The number of aromatic amines is 1. The average molecular weight is 302 g/mol. The molecule has 0 bridgehead atoms. The van der Waals surface area contributed by atoms with Crippen molar-refractivity contribution in [2.75, 3.05) is 7.11 Å². The van der Waals surface area contributed by atoms with Gasteiger partial charge in [-0.3, -0.25) is 5.10 Å². The van der Waals surface area contributed by atoms with Gasteiger partial charge in [-0.2, -0.15) is 5.10 Å². The van der Waals surface area contributed by atoms with E-state index in [0.29, 0.717) is 24.2 Å². The van der Waals surface area contributed by atoms with E-state index in [-0.39, 0.29) is 5.54 Å². The van der Waals surface area contributed by atoms with Crippen LogP contribution in [0, 0.1) is 0 Å². The lowest BCUT2D eigenvalue weighted by Crippen LogP contribution is -2.45. The molecular formula is C15H22N6O. The summed E-state index contributed by atoms with van der Waals surface area (Å²) in [6, 6.07) is 7.55. The van der Waals surface area contributed by atoms with E-state index in [9.17, 15) is 0 Å². The molecule has 1 aromatic carbocycles. The average Bonchev–Trinajstić information content (AvgIpc) is 2.92. The van der Waals surface area contributed by atoms with Gasteiger partial charge in [0.1, 0.15) is 18.1 Å². The zero-order valence-electron chi connectivity index (χ0n) is 13.3. The highest BCUT2D eigenvalue weighted by molar-refractivity contribution is 5.78. The Morgan fingerprint density at radius 3 is 2.59 bits per heavy atom. The van der Waals surface area contributed by atoms with Gasteiger partial charge in [-0.05, 0) is 45.0 Å². The number of nitrogens with two attached hydrogens (primary N) is 1. The molecular weight excluding hydrogens is 280 g/mol. The van der Waals surface area contributed by atoms with Gasteiger partial charge in [0, 0.05) is 11.1 Å². The molecule has 0 aliphatic carbocycles. The van der Waals surface area contributed by atoms with E-state index in [0.717, 1.165) is 11.3 Å². The van der Waals surface area contributed by atoms with E-state index in [2.05, 4.69) is 25.5 Å². The topological polar surface area (TPSA) is 101 Å². The molecule has 0 saturated carbocycles. The van der Waals surface area contributed by atoms with Crippen LogP contribution in [0.2, 0.25) is 0 Å². The lowest BCUT2D eigenvalue weighted by Gasteiger charge is -2.20. The summed E-state index contributed by atoms with van der Waals surface area (Å²) in [4.78, 5) is 8.65. The minimum absolute atomic E-state index is 0.122. The van der Waals surface area contributed by atoms with Crippen LogP contribution < -0.4 is 15.8 Å². The van der Waals surface area contributed by atoms with E-state index in [1.165, 1.54) is 0 Å². The Morgan fingerprint density at radius 2 is 2.00 bits per heavy atom. The third-order valence-corrected chi connectivity index (χ3v) is 2.78. The van der Waals surface area contributed by atoms with Crippen molar-refractivity contribution in [2.45, 2.75) is 32.9 Å². The predicted octanol–water partition coefficient (Wildman–Crippen LogP) is 1.68. The molecule has 0 aliphatic rings. The number of ether oxygens (including phenoxy) is 1. The molecule has 0 spiro atoms. The number of aromatic nitrogens is 3.